The summed E-state index contributed by atoms with van der Waals surface area (Å²) in [6, 6.07) is 2.56. The molecular weight excluding hydrogens is 222 g/mol. The van der Waals surface area contributed by atoms with Gasteiger partial charge in [0, 0.05) is 25.0 Å². The summed E-state index contributed by atoms with van der Waals surface area (Å²) in [5.41, 5.74) is 8.69. The molecule has 1 atom stereocenters. The molecule has 1 aromatic heterocycles. The third-order valence-electron chi connectivity index (χ3n) is 3.91. The van der Waals surface area contributed by atoms with E-state index in [9.17, 15) is 0 Å². The van der Waals surface area contributed by atoms with Gasteiger partial charge in [0.1, 0.15) is 0 Å². The Morgan fingerprint density at radius 3 is 2.94 bits per heavy atom. The molecule has 3 nitrogen and oxygen atoms in total. The molecule has 0 fully saturated rings. The Morgan fingerprint density at radius 2 is 2.22 bits per heavy atom. The van der Waals surface area contributed by atoms with Crippen LogP contribution < -0.4 is 5.73 Å². The molecule has 0 saturated heterocycles. The van der Waals surface area contributed by atoms with Gasteiger partial charge in [-0.2, -0.15) is 5.26 Å². The lowest BCUT2D eigenvalue weighted by Crippen LogP contribution is -2.12. The summed E-state index contributed by atoms with van der Waals surface area (Å²) in [5, 5.41) is 9.03. The van der Waals surface area contributed by atoms with Gasteiger partial charge >= 0.3 is 0 Å². The lowest BCUT2D eigenvalue weighted by molar-refractivity contribution is 0.413. The summed E-state index contributed by atoms with van der Waals surface area (Å²) in [4.78, 5) is 0. The molecule has 0 radical (unpaired) electrons. The Hall–Kier alpha value is -1.27. The lowest BCUT2D eigenvalue weighted by Gasteiger charge is -2.15. The van der Waals surface area contributed by atoms with Gasteiger partial charge in [0.05, 0.1) is 11.5 Å². The number of rotatable bonds is 3. The molecule has 18 heavy (non-hydrogen) atoms. The number of fused-ring (bicyclic) bond motifs is 1. The van der Waals surface area contributed by atoms with E-state index in [1.54, 1.807) is 0 Å². The van der Waals surface area contributed by atoms with Gasteiger partial charge in [0.15, 0.2) is 0 Å². The minimum Gasteiger partial charge on any atom is -0.354 e. The number of nitrogens with two attached hydrogens (primary N) is 1. The first-order valence-corrected chi connectivity index (χ1v) is 6.87. The van der Waals surface area contributed by atoms with E-state index in [1.807, 2.05) is 13.8 Å². The number of nitrogens with zero attached hydrogens (tertiary/aromatic N) is 2. The van der Waals surface area contributed by atoms with Crippen LogP contribution in [-0.2, 0) is 13.0 Å². The zero-order valence-electron chi connectivity index (χ0n) is 11.4. The van der Waals surface area contributed by atoms with Crippen molar-refractivity contribution in [1.82, 2.24) is 4.57 Å². The Labute approximate surface area is 110 Å². The van der Waals surface area contributed by atoms with Crippen LogP contribution >= 0.6 is 0 Å². The van der Waals surface area contributed by atoms with Crippen LogP contribution in [0.15, 0.2) is 12.4 Å². The van der Waals surface area contributed by atoms with Crippen LogP contribution in [-0.4, -0.2) is 4.57 Å². The van der Waals surface area contributed by atoms with Gasteiger partial charge in [-0.25, -0.2) is 0 Å². The van der Waals surface area contributed by atoms with Crippen molar-refractivity contribution in [1.29, 1.82) is 5.26 Å². The quantitative estimate of drug-likeness (QED) is 0.832. The number of nitriles is 1. The van der Waals surface area contributed by atoms with Crippen LogP contribution in [0.25, 0.3) is 0 Å². The molecule has 1 aliphatic rings. The van der Waals surface area contributed by atoms with Crippen molar-refractivity contribution in [3.05, 3.63) is 23.5 Å². The van der Waals surface area contributed by atoms with Gasteiger partial charge < -0.3 is 10.3 Å². The zero-order chi connectivity index (χ0) is 13.2. The third kappa shape index (κ3) is 2.94. The van der Waals surface area contributed by atoms with E-state index >= 15 is 0 Å². The fourth-order valence-electron chi connectivity index (χ4n) is 2.55. The minimum absolute atomic E-state index is 0.202. The van der Waals surface area contributed by atoms with E-state index in [2.05, 4.69) is 23.0 Å². The van der Waals surface area contributed by atoms with Gasteiger partial charge in [-0.1, -0.05) is 6.42 Å². The molecule has 0 bridgehead atoms. The van der Waals surface area contributed by atoms with E-state index in [1.165, 1.54) is 24.0 Å². The van der Waals surface area contributed by atoms with Gasteiger partial charge in [-0.15, -0.1) is 0 Å². The van der Waals surface area contributed by atoms with Crippen molar-refractivity contribution < 1.29 is 0 Å². The van der Waals surface area contributed by atoms with E-state index in [-0.39, 0.29) is 11.5 Å². The second kappa shape index (κ2) is 5.16. The first kappa shape index (κ1) is 13.2. The monoisotopic (exact) mass is 245 g/mol. The largest absolute Gasteiger partial charge is 0.354 e. The van der Waals surface area contributed by atoms with Crippen molar-refractivity contribution in [3.63, 3.8) is 0 Å². The van der Waals surface area contributed by atoms with Crippen molar-refractivity contribution in [2.24, 2.45) is 11.1 Å². The Morgan fingerprint density at radius 1 is 1.44 bits per heavy atom. The maximum atomic E-state index is 9.03. The highest BCUT2D eigenvalue weighted by Gasteiger charge is 2.19. The summed E-state index contributed by atoms with van der Waals surface area (Å²) >= 11 is 0. The average Bonchev–Trinajstić information content (AvgIpc) is 2.68. The smallest absolute Gasteiger partial charge is 0.0684 e. The maximum Gasteiger partial charge on any atom is 0.0684 e. The summed E-state index contributed by atoms with van der Waals surface area (Å²) < 4.78 is 2.22. The molecule has 2 N–H and O–H groups in total. The second-order valence-electron chi connectivity index (χ2n) is 6.07. The maximum absolute atomic E-state index is 9.03. The Balaban J connectivity index is 2.08. The molecule has 0 amide bonds. The molecule has 0 aromatic carbocycles. The highest BCUT2D eigenvalue weighted by atomic mass is 14.9. The Bertz CT molecular complexity index is 451. The summed E-state index contributed by atoms with van der Waals surface area (Å²) in [7, 11) is 0. The first-order chi connectivity index (χ1) is 8.52. The molecule has 1 aliphatic carbocycles. The second-order valence-corrected chi connectivity index (χ2v) is 6.07. The summed E-state index contributed by atoms with van der Waals surface area (Å²) in [6.07, 6.45) is 10.0. The fraction of sp³-hybridized carbons (Fsp3) is 0.667. The van der Waals surface area contributed by atoms with Crippen LogP contribution in [0.2, 0.25) is 0 Å². The number of aromatic nitrogens is 1. The molecular formula is C15H23N3. The van der Waals surface area contributed by atoms with Crippen molar-refractivity contribution in [3.8, 4) is 6.07 Å². The van der Waals surface area contributed by atoms with Crippen molar-refractivity contribution >= 4 is 0 Å². The number of hydrogen-bond acceptors (Lipinski definition) is 2. The zero-order valence-corrected chi connectivity index (χ0v) is 11.4. The molecule has 2 rings (SSSR count). The lowest BCUT2D eigenvalue weighted by atomic mass is 9.91. The molecule has 3 heteroatoms. The first-order valence-electron chi connectivity index (χ1n) is 6.87. The molecule has 0 saturated carbocycles. The van der Waals surface area contributed by atoms with Gasteiger partial charge in [0.2, 0.25) is 0 Å². The molecule has 98 valence electrons. The van der Waals surface area contributed by atoms with Crippen LogP contribution in [0.4, 0.5) is 0 Å². The molecule has 1 heterocycles. The SMILES string of the molecule is CC(C)(C#N)CCn1cc2c(c1)C(N)CCCC2. The fourth-order valence-corrected chi connectivity index (χ4v) is 2.55. The normalized spacial score (nSPS) is 20.0. The number of aryl methyl sites for hydroxylation is 2. The minimum atomic E-state index is -0.246. The van der Waals surface area contributed by atoms with E-state index < -0.39 is 0 Å². The topological polar surface area (TPSA) is 54.7 Å². The predicted molar refractivity (Wildman–Crippen MR) is 72.9 cm³/mol. The van der Waals surface area contributed by atoms with Gasteiger partial charge in [0.25, 0.3) is 0 Å². The number of hydrogen-bond donors (Lipinski definition) is 1. The molecule has 0 spiro atoms. The van der Waals surface area contributed by atoms with E-state index in [0.717, 1.165) is 25.8 Å². The third-order valence-corrected chi connectivity index (χ3v) is 3.91. The van der Waals surface area contributed by atoms with Crippen molar-refractivity contribution in [2.75, 3.05) is 0 Å². The molecule has 1 unspecified atom stereocenters. The van der Waals surface area contributed by atoms with Crippen LogP contribution in [0.3, 0.4) is 0 Å². The summed E-state index contributed by atoms with van der Waals surface area (Å²) in [6.45, 7) is 4.89. The van der Waals surface area contributed by atoms with Crippen LogP contribution in [0, 0.1) is 16.7 Å². The van der Waals surface area contributed by atoms with E-state index in [0.29, 0.717) is 0 Å². The predicted octanol–water partition coefficient (Wildman–Crippen LogP) is 3.15. The van der Waals surface area contributed by atoms with Gasteiger partial charge in [-0.3, -0.25) is 0 Å². The highest BCUT2D eigenvalue weighted by Crippen LogP contribution is 2.28. The van der Waals surface area contributed by atoms with E-state index in [4.69, 9.17) is 11.0 Å². The summed E-state index contributed by atoms with van der Waals surface area (Å²) in [5.74, 6) is 0. The molecule has 0 aliphatic heterocycles. The van der Waals surface area contributed by atoms with Crippen LogP contribution in [0.1, 0.15) is 56.7 Å². The highest BCUT2D eigenvalue weighted by molar-refractivity contribution is 5.28. The standard InChI is InChI=1S/C15H23N3/c1-15(2,11-16)7-8-18-9-12-5-3-4-6-14(17)13(12)10-18/h9-10,14H,3-8,17H2,1-2H3. The van der Waals surface area contributed by atoms with Gasteiger partial charge in [-0.05, 0) is 50.7 Å². The Kier molecular flexibility index (Phi) is 3.77. The van der Waals surface area contributed by atoms with Crippen LogP contribution in [0.5, 0.6) is 0 Å². The average molecular weight is 245 g/mol. The molecule has 1 aromatic rings. The van der Waals surface area contributed by atoms with Crippen molar-refractivity contribution in [2.45, 2.75) is 58.5 Å².